The van der Waals surface area contributed by atoms with Gasteiger partial charge in [0.1, 0.15) is 6.29 Å². The van der Waals surface area contributed by atoms with Crippen LogP contribution in [0.15, 0.2) is 17.7 Å². The molecule has 0 aliphatic heterocycles. The van der Waals surface area contributed by atoms with Crippen LogP contribution in [0.1, 0.15) is 74.9 Å². The third kappa shape index (κ3) is 4.56. The molecule has 3 rings (SSSR count). The molecule has 1 unspecified atom stereocenters. The molecule has 1 aromatic carbocycles. The molecule has 1 aromatic heterocycles. The first-order valence-electron chi connectivity index (χ1n) is 12.0. The van der Waals surface area contributed by atoms with E-state index in [-0.39, 0.29) is 6.10 Å². The fourth-order valence-corrected chi connectivity index (χ4v) is 5.35. The number of ether oxygens (including phenoxy) is 1. The number of hydrogen-bond acceptors (Lipinski definition) is 3. The molecule has 1 heterocycles. The summed E-state index contributed by atoms with van der Waals surface area (Å²) in [7, 11) is 1.80. The number of terminal acetylenes is 1. The molecule has 0 bridgehead atoms. The summed E-state index contributed by atoms with van der Waals surface area (Å²) in [4.78, 5) is 13.8. The Labute approximate surface area is 193 Å². The number of aldehydes is 1. The molecular formula is C28H38N2O2. The highest BCUT2D eigenvalue weighted by molar-refractivity contribution is 5.99. The van der Waals surface area contributed by atoms with Crippen molar-refractivity contribution in [2.24, 2.45) is 0 Å². The second-order valence-electron chi connectivity index (χ2n) is 8.77. The van der Waals surface area contributed by atoms with E-state index < -0.39 is 0 Å². The third-order valence-electron chi connectivity index (χ3n) is 7.15. The van der Waals surface area contributed by atoms with Gasteiger partial charge in [0, 0.05) is 55.2 Å². The lowest BCUT2D eigenvalue weighted by atomic mass is 9.90. The maximum absolute atomic E-state index is 11.3. The van der Waals surface area contributed by atoms with Gasteiger partial charge in [0.15, 0.2) is 0 Å². The monoisotopic (exact) mass is 434 g/mol. The topological polar surface area (TPSA) is 34.5 Å². The van der Waals surface area contributed by atoms with Gasteiger partial charge in [-0.2, -0.15) is 0 Å². The number of carbonyl (C=O) groups excluding carboxylic acids is 1. The molecule has 0 N–H and O–H groups in total. The van der Waals surface area contributed by atoms with E-state index in [2.05, 4.69) is 55.2 Å². The van der Waals surface area contributed by atoms with Gasteiger partial charge in [-0.1, -0.05) is 25.5 Å². The minimum absolute atomic E-state index is 0.163. The van der Waals surface area contributed by atoms with Crippen LogP contribution in [0.4, 0.5) is 0 Å². The van der Waals surface area contributed by atoms with Gasteiger partial charge in [0.25, 0.3) is 0 Å². The Kier molecular flexibility index (Phi) is 8.34. The molecule has 4 heteroatoms. The smallest absolute Gasteiger partial charge is 0.120 e. The number of hydrogen-bond donors (Lipinski definition) is 0. The lowest BCUT2D eigenvalue weighted by Gasteiger charge is -2.19. The SMILES string of the molecule is C#CC/C(C)=C(/CCC=O)c1c(C)n(CCN(CC)CC)c2ccc3c(c12)CCC3OC. The maximum atomic E-state index is 11.3. The first-order chi connectivity index (χ1) is 15.5. The Morgan fingerprint density at radius 2 is 2.09 bits per heavy atom. The van der Waals surface area contributed by atoms with Crippen molar-refractivity contribution in [2.75, 3.05) is 26.7 Å². The van der Waals surface area contributed by atoms with Gasteiger partial charge in [-0.3, -0.25) is 0 Å². The number of allylic oxidation sites excluding steroid dienone is 2. The van der Waals surface area contributed by atoms with E-state index in [1.807, 2.05) is 0 Å². The molecule has 1 aliphatic carbocycles. The summed E-state index contributed by atoms with van der Waals surface area (Å²) in [6, 6.07) is 4.54. The van der Waals surface area contributed by atoms with Crippen LogP contribution in [0.2, 0.25) is 0 Å². The zero-order valence-electron chi connectivity index (χ0n) is 20.5. The van der Waals surface area contributed by atoms with Gasteiger partial charge in [0.05, 0.1) is 6.10 Å². The minimum atomic E-state index is 0.163. The highest BCUT2D eigenvalue weighted by Crippen LogP contribution is 2.44. The van der Waals surface area contributed by atoms with Crippen LogP contribution in [0.3, 0.4) is 0 Å². The van der Waals surface area contributed by atoms with Crippen LogP contribution in [0.5, 0.6) is 0 Å². The van der Waals surface area contributed by atoms with Crippen LogP contribution in [0, 0.1) is 19.3 Å². The van der Waals surface area contributed by atoms with E-state index in [1.165, 1.54) is 44.4 Å². The van der Waals surface area contributed by atoms with Crippen molar-refractivity contribution < 1.29 is 9.53 Å². The van der Waals surface area contributed by atoms with Crippen LogP contribution in [-0.2, 0) is 22.5 Å². The van der Waals surface area contributed by atoms with Crippen molar-refractivity contribution in [1.29, 1.82) is 0 Å². The average Bonchev–Trinajstić information content (AvgIpc) is 3.34. The quantitative estimate of drug-likeness (QED) is 0.336. The summed E-state index contributed by atoms with van der Waals surface area (Å²) in [6.45, 7) is 12.9. The van der Waals surface area contributed by atoms with Gasteiger partial charge in [-0.05, 0) is 69.0 Å². The molecule has 1 aliphatic rings. The van der Waals surface area contributed by atoms with Crippen molar-refractivity contribution in [2.45, 2.75) is 72.4 Å². The minimum Gasteiger partial charge on any atom is -0.377 e. The zero-order valence-corrected chi connectivity index (χ0v) is 20.5. The predicted octanol–water partition coefficient (Wildman–Crippen LogP) is 5.70. The molecular weight excluding hydrogens is 396 g/mol. The van der Waals surface area contributed by atoms with Crippen molar-refractivity contribution >= 4 is 22.8 Å². The number of likely N-dealkylation sites (N-methyl/N-ethyl adjacent to an activating group) is 1. The van der Waals surface area contributed by atoms with Gasteiger partial charge < -0.3 is 19.0 Å². The van der Waals surface area contributed by atoms with Crippen LogP contribution >= 0.6 is 0 Å². The number of fused-ring (bicyclic) bond motifs is 3. The van der Waals surface area contributed by atoms with E-state index in [1.54, 1.807) is 7.11 Å². The number of aryl methyl sites for hydroxylation is 1. The van der Waals surface area contributed by atoms with Crippen molar-refractivity contribution in [3.8, 4) is 12.3 Å². The number of nitrogens with zero attached hydrogens (tertiary/aromatic N) is 2. The standard InChI is InChI=1S/C28H38N2O2/c1-7-11-20(4)22(12-10-19-31)27-21(5)30(18-17-29(8-2)9-3)25-15-13-23-24(28(25)27)14-16-26(23)32-6/h1,13,15,19,26H,8-12,14,16-18H2,2-6H3/b22-20-. The van der Waals surface area contributed by atoms with Gasteiger partial charge in [0.2, 0.25) is 0 Å². The Balaban J connectivity index is 2.26. The predicted molar refractivity (Wildman–Crippen MR) is 134 cm³/mol. The van der Waals surface area contributed by atoms with E-state index in [4.69, 9.17) is 11.2 Å². The largest absolute Gasteiger partial charge is 0.377 e. The van der Waals surface area contributed by atoms with Gasteiger partial charge >= 0.3 is 0 Å². The molecule has 0 amide bonds. The van der Waals surface area contributed by atoms with Crippen molar-refractivity contribution in [1.82, 2.24) is 9.47 Å². The second kappa shape index (κ2) is 11.0. The summed E-state index contributed by atoms with van der Waals surface area (Å²) in [6.07, 6.45) is 10.8. The molecule has 2 aromatic rings. The van der Waals surface area contributed by atoms with E-state index in [0.717, 1.165) is 51.7 Å². The zero-order chi connectivity index (χ0) is 23.3. The van der Waals surface area contributed by atoms with Crippen LogP contribution in [-0.4, -0.2) is 42.5 Å². The summed E-state index contributed by atoms with van der Waals surface area (Å²) >= 11 is 0. The lowest BCUT2D eigenvalue weighted by molar-refractivity contribution is -0.107. The van der Waals surface area contributed by atoms with E-state index in [0.29, 0.717) is 12.8 Å². The Morgan fingerprint density at radius 3 is 2.72 bits per heavy atom. The number of rotatable bonds is 11. The molecule has 1 atom stereocenters. The number of aromatic nitrogens is 1. The fraction of sp³-hybridized carbons (Fsp3) is 0.536. The van der Waals surface area contributed by atoms with Gasteiger partial charge in [-0.25, -0.2) is 0 Å². The van der Waals surface area contributed by atoms with E-state index in [9.17, 15) is 4.79 Å². The van der Waals surface area contributed by atoms with Gasteiger partial charge in [-0.15, -0.1) is 12.3 Å². The summed E-state index contributed by atoms with van der Waals surface area (Å²) in [5.74, 6) is 2.81. The van der Waals surface area contributed by atoms with Crippen LogP contribution in [0.25, 0.3) is 16.5 Å². The first-order valence-corrected chi connectivity index (χ1v) is 12.0. The Bertz CT molecular complexity index is 1030. The number of benzene rings is 1. The molecule has 172 valence electrons. The first kappa shape index (κ1) is 24.3. The summed E-state index contributed by atoms with van der Waals surface area (Å²) < 4.78 is 8.26. The molecule has 32 heavy (non-hydrogen) atoms. The van der Waals surface area contributed by atoms with Crippen molar-refractivity contribution in [3.63, 3.8) is 0 Å². The number of carbonyl (C=O) groups is 1. The maximum Gasteiger partial charge on any atom is 0.120 e. The fourth-order valence-electron chi connectivity index (χ4n) is 5.35. The highest BCUT2D eigenvalue weighted by Gasteiger charge is 2.29. The normalized spacial score (nSPS) is 16.3. The third-order valence-corrected chi connectivity index (χ3v) is 7.15. The molecule has 0 fully saturated rings. The second-order valence-corrected chi connectivity index (χ2v) is 8.77. The number of methoxy groups -OCH3 is 1. The average molecular weight is 435 g/mol. The van der Waals surface area contributed by atoms with Crippen molar-refractivity contribution in [3.05, 3.63) is 40.1 Å². The highest BCUT2D eigenvalue weighted by atomic mass is 16.5. The van der Waals surface area contributed by atoms with Crippen LogP contribution < -0.4 is 0 Å². The Morgan fingerprint density at radius 1 is 1.34 bits per heavy atom. The molecule has 0 saturated carbocycles. The lowest BCUT2D eigenvalue weighted by Crippen LogP contribution is -2.27. The Hall–Kier alpha value is -2.35. The summed E-state index contributed by atoms with van der Waals surface area (Å²) in [5.41, 5.74) is 9.02. The molecule has 0 saturated heterocycles. The summed E-state index contributed by atoms with van der Waals surface area (Å²) in [5, 5.41) is 1.34. The molecule has 0 radical (unpaired) electrons. The van der Waals surface area contributed by atoms with E-state index >= 15 is 0 Å². The molecule has 4 nitrogen and oxygen atoms in total. The molecule has 0 spiro atoms.